The van der Waals surface area contributed by atoms with E-state index < -0.39 is 0 Å². The molecule has 1 aromatic rings. The number of carbonyl (C=O) groups is 1. The van der Waals surface area contributed by atoms with Crippen LogP contribution < -0.4 is 15.8 Å². The lowest BCUT2D eigenvalue weighted by molar-refractivity contribution is -0.124. The fraction of sp³-hybridized carbons (Fsp3) is 0.500. The molecule has 112 valence electrons. The van der Waals surface area contributed by atoms with Crippen molar-refractivity contribution in [3.8, 4) is 5.75 Å². The van der Waals surface area contributed by atoms with Crippen LogP contribution in [-0.4, -0.2) is 32.3 Å². The zero-order valence-corrected chi connectivity index (χ0v) is 12.7. The lowest BCUT2D eigenvalue weighted by atomic mass is 10.1. The van der Waals surface area contributed by atoms with E-state index >= 15 is 0 Å². The Bertz CT molecular complexity index is 452. The van der Waals surface area contributed by atoms with E-state index in [9.17, 15) is 4.79 Å². The number of amides is 1. The van der Waals surface area contributed by atoms with E-state index in [1.807, 2.05) is 19.9 Å². The number of rotatable bonds is 7. The van der Waals surface area contributed by atoms with E-state index in [0.29, 0.717) is 17.4 Å². The Morgan fingerprint density at radius 1 is 1.45 bits per heavy atom. The standard InChI is InChI=1S/C14H21ClN2O3/c1-9(7-19-3)17-14(18)8-20-13-5-4-11(10(2)16)6-12(13)15/h4-6,9-10H,7-8,16H2,1-3H3,(H,17,18)/t9?,10-/m1/s1. The average molecular weight is 301 g/mol. The fourth-order valence-corrected chi connectivity index (χ4v) is 1.91. The number of hydrogen-bond donors (Lipinski definition) is 2. The Balaban J connectivity index is 2.51. The normalized spacial score (nSPS) is 13.7. The Morgan fingerprint density at radius 3 is 2.70 bits per heavy atom. The molecular weight excluding hydrogens is 280 g/mol. The molecule has 1 rings (SSSR count). The van der Waals surface area contributed by atoms with E-state index in [1.165, 1.54) is 0 Å². The lowest BCUT2D eigenvalue weighted by Gasteiger charge is -2.14. The number of benzene rings is 1. The highest BCUT2D eigenvalue weighted by Crippen LogP contribution is 2.27. The maximum atomic E-state index is 11.6. The van der Waals surface area contributed by atoms with Crippen LogP contribution in [0.25, 0.3) is 0 Å². The minimum Gasteiger partial charge on any atom is -0.482 e. The predicted molar refractivity (Wildman–Crippen MR) is 79.0 cm³/mol. The predicted octanol–water partition coefficient (Wildman–Crippen LogP) is 1.89. The van der Waals surface area contributed by atoms with Gasteiger partial charge in [0.25, 0.3) is 5.91 Å². The molecule has 0 aromatic heterocycles. The molecule has 1 amide bonds. The van der Waals surface area contributed by atoms with E-state index in [-0.39, 0.29) is 24.6 Å². The summed E-state index contributed by atoms with van der Waals surface area (Å²) in [6.07, 6.45) is 0. The average Bonchev–Trinajstić information content (AvgIpc) is 2.37. The van der Waals surface area contributed by atoms with Gasteiger partial charge in [0.15, 0.2) is 6.61 Å². The number of carbonyl (C=O) groups excluding carboxylic acids is 1. The van der Waals surface area contributed by atoms with Crippen molar-refractivity contribution in [1.29, 1.82) is 0 Å². The first kappa shape index (κ1) is 16.8. The monoisotopic (exact) mass is 300 g/mol. The van der Waals surface area contributed by atoms with Crippen molar-refractivity contribution >= 4 is 17.5 Å². The SMILES string of the molecule is COCC(C)NC(=O)COc1ccc([C@@H](C)N)cc1Cl. The number of ether oxygens (including phenoxy) is 2. The van der Waals surface area contributed by atoms with Crippen molar-refractivity contribution in [3.05, 3.63) is 28.8 Å². The molecule has 1 aromatic carbocycles. The molecule has 5 nitrogen and oxygen atoms in total. The quantitative estimate of drug-likeness (QED) is 0.806. The van der Waals surface area contributed by atoms with Crippen LogP contribution in [0.5, 0.6) is 5.75 Å². The minimum absolute atomic E-state index is 0.0629. The molecule has 20 heavy (non-hydrogen) atoms. The summed E-state index contributed by atoms with van der Waals surface area (Å²) in [7, 11) is 1.58. The van der Waals surface area contributed by atoms with E-state index in [4.69, 9.17) is 26.8 Å². The molecule has 0 aliphatic heterocycles. The zero-order chi connectivity index (χ0) is 15.1. The number of nitrogens with two attached hydrogens (primary N) is 1. The summed E-state index contributed by atoms with van der Waals surface area (Å²) in [5.74, 6) is 0.243. The molecule has 0 spiro atoms. The van der Waals surface area contributed by atoms with Crippen molar-refractivity contribution in [2.45, 2.75) is 25.9 Å². The third-order valence-corrected chi connectivity index (χ3v) is 2.96. The topological polar surface area (TPSA) is 73.6 Å². The molecule has 1 unspecified atom stereocenters. The molecule has 0 aliphatic rings. The Morgan fingerprint density at radius 2 is 2.15 bits per heavy atom. The van der Waals surface area contributed by atoms with Crippen LogP contribution in [0.2, 0.25) is 5.02 Å². The Kier molecular flexibility index (Phi) is 6.78. The number of hydrogen-bond acceptors (Lipinski definition) is 4. The van der Waals surface area contributed by atoms with Crippen LogP contribution in [0, 0.1) is 0 Å². The second-order valence-corrected chi connectivity index (χ2v) is 5.10. The van der Waals surface area contributed by atoms with Gasteiger partial charge in [0.1, 0.15) is 5.75 Å². The summed E-state index contributed by atoms with van der Waals surface area (Å²) >= 11 is 6.08. The van der Waals surface area contributed by atoms with Gasteiger partial charge in [-0.3, -0.25) is 4.79 Å². The largest absolute Gasteiger partial charge is 0.482 e. The van der Waals surface area contributed by atoms with E-state index in [2.05, 4.69) is 5.32 Å². The highest BCUT2D eigenvalue weighted by Gasteiger charge is 2.10. The highest BCUT2D eigenvalue weighted by molar-refractivity contribution is 6.32. The summed E-state index contributed by atoms with van der Waals surface area (Å²) in [5.41, 5.74) is 6.68. The second-order valence-electron chi connectivity index (χ2n) is 4.69. The van der Waals surface area contributed by atoms with Gasteiger partial charge in [-0.05, 0) is 31.5 Å². The maximum absolute atomic E-state index is 11.6. The van der Waals surface area contributed by atoms with Gasteiger partial charge in [0, 0.05) is 19.2 Å². The number of nitrogens with one attached hydrogen (secondary N) is 1. The van der Waals surface area contributed by atoms with Gasteiger partial charge in [0.05, 0.1) is 11.6 Å². The van der Waals surface area contributed by atoms with Gasteiger partial charge in [-0.2, -0.15) is 0 Å². The third-order valence-electron chi connectivity index (χ3n) is 2.66. The van der Waals surface area contributed by atoms with Crippen LogP contribution in [0.1, 0.15) is 25.5 Å². The van der Waals surface area contributed by atoms with Gasteiger partial charge < -0.3 is 20.5 Å². The van der Waals surface area contributed by atoms with Gasteiger partial charge in [-0.25, -0.2) is 0 Å². The van der Waals surface area contributed by atoms with Crippen molar-refractivity contribution < 1.29 is 14.3 Å². The van der Waals surface area contributed by atoms with Crippen molar-refractivity contribution in [2.75, 3.05) is 20.3 Å². The van der Waals surface area contributed by atoms with Gasteiger partial charge in [0.2, 0.25) is 0 Å². The van der Waals surface area contributed by atoms with Crippen molar-refractivity contribution in [2.24, 2.45) is 5.73 Å². The van der Waals surface area contributed by atoms with E-state index in [0.717, 1.165) is 5.56 Å². The molecule has 0 heterocycles. The lowest BCUT2D eigenvalue weighted by Crippen LogP contribution is -2.38. The number of halogens is 1. The first-order valence-electron chi connectivity index (χ1n) is 6.40. The first-order chi connectivity index (χ1) is 9.43. The molecule has 6 heteroatoms. The summed E-state index contributed by atoms with van der Waals surface area (Å²) in [6.45, 7) is 4.09. The smallest absolute Gasteiger partial charge is 0.258 e. The summed E-state index contributed by atoms with van der Waals surface area (Å²) in [4.78, 5) is 11.6. The molecule has 2 atom stereocenters. The molecule has 0 bridgehead atoms. The molecule has 3 N–H and O–H groups in total. The van der Waals surface area contributed by atoms with Crippen LogP contribution in [-0.2, 0) is 9.53 Å². The van der Waals surface area contributed by atoms with E-state index in [1.54, 1.807) is 19.2 Å². The highest BCUT2D eigenvalue weighted by atomic mass is 35.5. The van der Waals surface area contributed by atoms with Gasteiger partial charge in [-0.1, -0.05) is 17.7 Å². The number of methoxy groups -OCH3 is 1. The molecule has 0 radical (unpaired) electrons. The van der Waals surface area contributed by atoms with Gasteiger partial charge in [-0.15, -0.1) is 0 Å². The van der Waals surface area contributed by atoms with Gasteiger partial charge >= 0.3 is 0 Å². The van der Waals surface area contributed by atoms with Crippen LogP contribution in [0.3, 0.4) is 0 Å². The first-order valence-corrected chi connectivity index (χ1v) is 6.78. The summed E-state index contributed by atoms with van der Waals surface area (Å²) < 4.78 is 10.3. The van der Waals surface area contributed by atoms with Crippen LogP contribution >= 0.6 is 11.6 Å². The molecule has 0 saturated heterocycles. The minimum atomic E-state index is -0.220. The molecular formula is C14H21ClN2O3. The molecule has 0 fully saturated rings. The Labute approximate surface area is 124 Å². The third kappa shape index (κ3) is 5.36. The molecule has 0 saturated carbocycles. The van der Waals surface area contributed by atoms with Crippen molar-refractivity contribution in [1.82, 2.24) is 5.32 Å². The summed E-state index contributed by atoms with van der Waals surface area (Å²) in [6, 6.07) is 5.13. The molecule has 0 aliphatic carbocycles. The zero-order valence-electron chi connectivity index (χ0n) is 12.0. The fourth-order valence-electron chi connectivity index (χ4n) is 1.67. The maximum Gasteiger partial charge on any atom is 0.258 e. The van der Waals surface area contributed by atoms with Crippen molar-refractivity contribution in [3.63, 3.8) is 0 Å². The summed E-state index contributed by atoms with van der Waals surface area (Å²) in [5, 5.41) is 3.19. The second kappa shape index (κ2) is 8.09. The Hall–Kier alpha value is -1.30. The van der Waals surface area contributed by atoms with Crippen LogP contribution in [0.4, 0.5) is 0 Å². The van der Waals surface area contributed by atoms with Crippen LogP contribution in [0.15, 0.2) is 18.2 Å².